The van der Waals surface area contributed by atoms with Crippen LogP contribution < -0.4 is 0 Å². The van der Waals surface area contributed by atoms with Crippen molar-refractivity contribution in [3.05, 3.63) is 0 Å². The smallest absolute Gasteiger partial charge is 0.545 e. The molecule has 2 nitrogen and oxygen atoms in total. The third-order valence-electron chi connectivity index (χ3n) is 0. The quantitative estimate of drug-likeness (QED) is 0.310. The van der Waals surface area contributed by atoms with Crippen molar-refractivity contribution in [1.29, 1.82) is 0 Å². The van der Waals surface area contributed by atoms with E-state index in [-0.39, 0.29) is 36.3 Å². The SMILES string of the molecule is [CH-]=O.[CH-]=O.[Co].[Ru+2]. The van der Waals surface area contributed by atoms with E-state index in [4.69, 9.17) is 9.59 Å². The van der Waals surface area contributed by atoms with Crippen LogP contribution in [-0.4, -0.2) is 13.6 Å². The Morgan fingerprint density at radius 3 is 0.833 bits per heavy atom. The molecule has 0 rings (SSSR count). The Kier molecular flexibility index (Phi) is 2620. The average molecular weight is 218 g/mol. The zero-order valence-electron chi connectivity index (χ0n) is 2.66. The summed E-state index contributed by atoms with van der Waals surface area (Å²) in [4.78, 5) is 15.5. The van der Waals surface area contributed by atoms with E-state index in [2.05, 4.69) is 13.6 Å². The standard InChI is InChI=1S/2CHO.Co.Ru/c2*1-2;;/h2*1H;;/q2*-1;;+2. The Morgan fingerprint density at radius 2 is 0.833 bits per heavy atom. The second-order valence-corrected chi connectivity index (χ2v) is 0. The van der Waals surface area contributed by atoms with Crippen LogP contribution >= 0.6 is 0 Å². The summed E-state index contributed by atoms with van der Waals surface area (Å²) in [6, 6.07) is 0. The van der Waals surface area contributed by atoms with Gasteiger partial charge in [0.15, 0.2) is 0 Å². The van der Waals surface area contributed by atoms with Gasteiger partial charge in [-0.25, -0.2) is 0 Å². The first-order valence-electron chi connectivity index (χ1n) is 0.471. The second-order valence-electron chi connectivity index (χ2n) is 0. The van der Waals surface area contributed by atoms with Crippen molar-refractivity contribution in [3.63, 3.8) is 0 Å². The molecule has 0 unspecified atom stereocenters. The van der Waals surface area contributed by atoms with Gasteiger partial charge >= 0.3 is 19.5 Å². The number of carbonyl (C=O) groups excluding carboxylic acids is 2. The Balaban J connectivity index is -0.00000000500. The van der Waals surface area contributed by atoms with E-state index in [1.54, 1.807) is 0 Å². The van der Waals surface area contributed by atoms with E-state index in [1.807, 2.05) is 0 Å². The van der Waals surface area contributed by atoms with Gasteiger partial charge in [0.1, 0.15) is 0 Å². The van der Waals surface area contributed by atoms with Gasteiger partial charge in [-0.15, -0.1) is 0 Å². The van der Waals surface area contributed by atoms with E-state index in [0.29, 0.717) is 0 Å². The zero-order chi connectivity index (χ0) is 4.00. The third kappa shape index (κ3) is 244. The first-order chi connectivity index (χ1) is 2.00. The van der Waals surface area contributed by atoms with Gasteiger partial charge in [-0.05, 0) is 0 Å². The van der Waals surface area contributed by atoms with Crippen LogP contribution in [-0.2, 0) is 45.8 Å². The second kappa shape index (κ2) is 495. The van der Waals surface area contributed by atoms with E-state index >= 15 is 0 Å². The minimum absolute atomic E-state index is 0. The van der Waals surface area contributed by atoms with Gasteiger partial charge in [0.25, 0.3) is 0 Å². The fourth-order valence-corrected chi connectivity index (χ4v) is 0. The molecule has 0 spiro atoms. The minimum atomic E-state index is 0. The molecule has 0 saturated carbocycles. The Labute approximate surface area is 59.6 Å². The van der Waals surface area contributed by atoms with E-state index in [0.717, 1.165) is 0 Å². The number of rotatable bonds is 0. The summed E-state index contributed by atoms with van der Waals surface area (Å²) < 4.78 is 0. The Hall–Kier alpha value is 0.470. The molecule has 0 aromatic rings. The van der Waals surface area contributed by atoms with Crippen molar-refractivity contribution in [2.75, 3.05) is 0 Å². The summed E-state index contributed by atoms with van der Waals surface area (Å²) in [6.07, 6.45) is 0. The molecule has 0 amide bonds. The maximum atomic E-state index is 7.75. The summed E-state index contributed by atoms with van der Waals surface area (Å²) in [7, 11) is 0. The molecule has 0 saturated heterocycles. The molecular formula is C2H2CoO2Ru. The van der Waals surface area contributed by atoms with Gasteiger partial charge in [-0.3, -0.25) is 13.6 Å². The van der Waals surface area contributed by atoms with Crippen LogP contribution in [0, 0.1) is 0 Å². The van der Waals surface area contributed by atoms with Gasteiger partial charge in [0.05, 0.1) is 0 Å². The molecule has 0 aliphatic rings. The van der Waals surface area contributed by atoms with Crippen molar-refractivity contribution < 1.29 is 45.8 Å². The molecule has 0 aliphatic heterocycles. The fraction of sp³-hybridized carbons (Fsp3) is 0. The van der Waals surface area contributed by atoms with Gasteiger partial charge in [0, 0.05) is 16.8 Å². The van der Waals surface area contributed by atoms with Crippen LogP contribution in [0.3, 0.4) is 0 Å². The van der Waals surface area contributed by atoms with Gasteiger partial charge in [-0.1, -0.05) is 0 Å². The molecule has 4 heteroatoms. The third-order valence-corrected chi connectivity index (χ3v) is 0. The van der Waals surface area contributed by atoms with Crippen LogP contribution in [0.2, 0.25) is 0 Å². The van der Waals surface area contributed by atoms with Gasteiger partial charge < -0.3 is 9.59 Å². The van der Waals surface area contributed by atoms with Crippen LogP contribution in [0.15, 0.2) is 0 Å². The number of hydrogen-bond acceptors (Lipinski definition) is 2. The molecule has 0 aromatic carbocycles. The summed E-state index contributed by atoms with van der Waals surface area (Å²) in [5.41, 5.74) is 0. The molecule has 0 heterocycles. The Bertz CT molecular complexity index is 13.5. The summed E-state index contributed by atoms with van der Waals surface area (Å²) >= 11 is 0. The van der Waals surface area contributed by atoms with Crippen molar-refractivity contribution in [3.8, 4) is 0 Å². The normalized spacial score (nSPS) is 1.33. The monoisotopic (exact) mass is 219 g/mol. The predicted octanol–water partition coefficient (Wildman–Crippen LogP) is -0.553. The Morgan fingerprint density at radius 1 is 0.833 bits per heavy atom. The number of hydrogen-bond donors (Lipinski definition) is 0. The molecule has 0 N–H and O–H groups in total. The molecule has 0 fully saturated rings. The predicted molar refractivity (Wildman–Crippen MR) is 13.5 cm³/mol. The largest absolute Gasteiger partial charge is 2.00 e. The van der Waals surface area contributed by atoms with Crippen molar-refractivity contribution >= 4 is 13.6 Å². The molecule has 0 aliphatic carbocycles. The molecule has 39 valence electrons. The zero-order valence-corrected chi connectivity index (χ0v) is 5.44. The van der Waals surface area contributed by atoms with Gasteiger partial charge in [-0.2, -0.15) is 0 Å². The van der Waals surface area contributed by atoms with Crippen LogP contribution in [0.4, 0.5) is 0 Å². The van der Waals surface area contributed by atoms with Crippen molar-refractivity contribution in [1.82, 2.24) is 0 Å². The summed E-state index contributed by atoms with van der Waals surface area (Å²) in [5, 5.41) is 0. The molecule has 0 bridgehead atoms. The van der Waals surface area contributed by atoms with E-state index in [1.165, 1.54) is 0 Å². The summed E-state index contributed by atoms with van der Waals surface area (Å²) in [5.74, 6) is 0. The molecular weight excluding hydrogens is 216 g/mol. The first-order valence-corrected chi connectivity index (χ1v) is 0.471. The molecule has 6 heavy (non-hydrogen) atoms. The van der Waals surface area contributed by atoms with E-state index in [9.17, 15) is 0 Å². The van der Waals surface area contributed by atoms with Crippen molar-refractivity contribution in [2.45, 2.75) is 0 Å². The van der Waals surface area contributed by atoms with Crippen LogP contribution in [0.25, 0.3) is 0 Å². The van der Waals surface area contributed by atoms with Crippen molar-refractivity contribution in [2.24, 2.45) is 0 Å². The molecule has 0 aromatic heterocycles. The molecule has 0 atom stereocenters. The van der Waals surface area contributed by atoms with Crippen LogP contribution in [0.1, 0.15) is 0 Å². The maximum absolute atomic E-state index is 7.75. The minimum Gasteiger partial charge on any atom is -0.545 e. The molecule has 1 radical (unpaired) electrons. The topological polar surface area (TPSA) is 34.1 Å². The average Bonchev–Trinajstić information content (AvgIpc) is 1.50. The fourth-order valence-electron chi connectivity index (χ4n) is 0. The maximum Gasteiger partial charge on any atom is 2.00 e. The first kappa shape index (κ1) is 31.7. The van der Waals surface area contributed by atoms with Gasteiger partial charge in [0.2, 0.25) is 0 Å². The summed E-state index contributed by atoms with van der Waals surface area (Å²) in [6.45, 7) is 6.50. The van der Waals surface area contributed by atoms with Crippen LogP contribution in [0.5, 0.6) is 0 Å². The van der Waals surface area contributed by atoms with E-state index < -0.39 is 0 Å².